The van der Waals surface area contributed by atoms with Crippen molar-refractivity contribution in [3.05, 3.63) is 11.7 Å². The highest BCUT2D eigenvalue weighted by atomic mass is 16.5. The molecule has 1 N–H and O–H groups in total. The van der Waals surface area contributed by atoms with Crippen LogP contribution in [0.5, 0.6) is 0 Å². The zero-order chi connectivity index (χ0) is 13.6. The third kappa shape index (κ3) is 1.96. The number of terminal acetylenes is 1. The van der Waals surface area contributed by atoms with E-state index in [-0.39, 0.29) is 5.41 Å². The second-order valence-electron chi connectivity index (χ2n) is 7.02. The smallest absolute Gasteiger partial charge is 0.240 e. The van der Waals surface area contributed by atoms with Gasteiger partial charge >= 0.3 is 0 Å². The highest BCUT2D eigenvalue weighted by Crippen LogP contribution is 2.60. The summed E-state index contributed by atoms with van der Waals surface area (Å²) >= 11 is 0. The zero-order valence-corrected chi connectivity index (χ0v) is 11.8. The van der Waals surface area contributed by atoms with Crippen LogP contribution in [0.15, 0.2) is 4.52 Å². The van der Waals surface area contributed by atoms with Crippen LogP contribution >= 0.6 is 0 Å². The van der Waals surface area contributed by atoms with Crippen LogP contribution in [0.25, 0.3) is 0 Å². The summed E-state index contributed by atoms with van der Waals surface area (Å²) in [5, 5.41) is 7.41. The van der Waals surface area contributed by atoms with Crippen LogP contribution in [0.3, 0.4) is 0 Å². The Morgan fingerprint density at radius 3 is 2.45 bits per heavy atom. The lowest BCUT2D eigenvalue weighted by molar-refractivity contribution is -0.0103. The summed E-state index contributed by atoms with van der Waals surface area (Å²) in [5.74, 6) is 6.91. The SMILES string of the molecule is C#CCNCc1nc(C23CC4CC(CC(C4)C2)C3)no1. The molecule has 0 radical (unpaired) electrons. The van der Waals surface area contributed by atoms with E-state index in [0.717, 1.165) is 23.6 Å². The lowest BCUT2D eigenvalue weighted by atomic mass is 9.49. The van der Waals surface area contributed by atoms with E-state index in [1.807, 2.05) is 0 Å². The summed E-state index contributed by atoms with van der Waals surface area (Å²) in [4.78, 5) is 4.66. The molecular formula is C16H21N3O. The molecular weight excluding hydrogens is 250 g/mol. The summed E-state index contributed by atoms with van der Waals surface area (Å²) in [6.07, 6.45) is 13.4. The maximum absolute atomic E-state index is 5.41. The van der Waals surface area contributed by atoms with Gasteiger partial charge in [0.25, 0.3) is 0 Å². The van der Waals surface area contributed by atoms with Crippen molar-refractivity contribution in [1.82, 2.24) is 15.5 Å². The summed E-state index contributed by atoms with van der Waals surface area (Å²) in [7, 11) is 0. The molecule has 0 unspecified atom stereocenters. The Morgan fingerprint density at radius 2 is 1.85 bits per heavy atom. The van der Waals surface area contributed by atoms with Crippen LogP contribution in [-0.4, -0.2) is 16.7 Å². The molecule has 4 bridgehead atoms. The summed E-state index contributed by atoms with van der Waals surface area (Å²) < 4.78 is 5.41. The van der Waals surface area contributed by atoms with Gasteiger partial charge in [-0.15, -0.1) is 6.42 Å². The van der Waals surface area contributed by atoms with Gasteiger partial charge in [0.2, 0.25) is 5.89 Å². The summed E-state index contributed by atoms with van der Waals surface area (Å²) in [6.45, 7) is 1.11. The molecule has 1 heterocycles. The van der Waals surface area contributed by atoms with Crippen LogP contribution in [-0.2, 0) is 12.0 Å². The number of rotatable bonds is 4. The molecule has 4 aliphatic carbocycles. The molecule has 1 aromatic heterocycles. The second-order valence-corrected chi connectivity index (χ2v) is 7.02. The van der Waals surface area contributed by atoms with Gasteiger partial charge in [-0.1, -0.05) is 11.1 Å². The van der Waals surface area contributed by atoms with Crippen molar-refractivity contribution in [2.45, 2.75) is 50.5 Å². The lowest BCUT2D eigenvalue weighted by Gasteiger charge is -2.55. The molecule has 106 valence electrons. The first-order valence-corrected chi connectivity index (χ1v) is 7.75. The Morgan fingerprint density at radius 1 is 1.20 bits per heavy atom. The molecule has 1 aromatic rings. The van der Waals surface area contributed by atoms with Gasteiger partial charge in [-0.3, -0.25) is 5.32 Å². The number of nitrogens with zero attached hydrogens (tertiary/aromatic N) is 2. The van der Waals surface area contributed by atoms with Gasteiger partial charge in [-0.2, -0.15) is 4.98 Å². The fourth-order valence-electron chi connectivity index (χ4n) is 5.17. The highest BCUT2D eigenvalue weighted by Gasteiger charge is 2.53. The van der Waals surface area contributed by atoms with Crippen LogP contribution in [0.4, 0.5) is 0 Å². The van der Waals surface area contributed by atoms with E-state index in [2.05, 4.69) is 21.4 Å². The minimum absolute atomic E-state index is 0.225. The van der Waals surface area contributed by atoms with E-state index in [1.165, 1.54) is 38.5 Å². The molecule has 4 fully saturated rings. The largest absolute Gasteiger partial charge is 0.338 e. The predicted molar refractivity (Wildman–Crippen MR) is 74.7 cm³/mol. The van der Waals surface area contributed by atoms with Crippen LogP contribution in [0, 0.1) is 30.1 Å². The van der Waals surface area contributed by atoms with Crippen LogP contribution < -0.4 is 5.32 Å². The molecule has 20 heavy (non-hydrogen) atoms. The van der Waals surface area contributed by atoms with Gasteiger partial charge in [0.05, 0.1) is 13.1 Å². The van der Waals surface area contributed by atoms with E-state index in [0.29, 0.717) is 19.0 Å². The first-order chi connectivity index (χ1) is 9.77. The number of nitrogens with one attached hydrogen (secondary N) is 1. The second kappa shape index (κ2) is 4.60. The van der Waals surface area contributed by atoms with Crippen molar-refractivity contribution < 1.29 is 4.52 Å². The quantitative estimate of drug-likeness (QED) is 0.674. The van der Waals surface area contributed by atoms with Gasteiger partial charge in [-0.05, 0) is 56.3 Å². The number of hydrogen-bond donors (Lipinski definition) is 1. The number of aromatic nitrogens is 2. The van der Waals surface area contributed by atoms with E-state index in [9.17, 15) is 0 Å². The molecule has 0 spiro atoms. The first kappa shape index (κ1) is 12.4. The molecule has 4 saturated carbocycles. The maximum atomic E-state index is 5.41. The van der Waals surface area contributed by atoms with Crippen molar-refractivity contribution in [2.24, 2.45) is 17.8 Å². The maximum Gasteiger partial charge on any atom is 0.240 e. The van der Waals surface area contributed by atoms with Crippen LogP contribution in [0.2, 0.25) is 0 Å². The monoisotopic (exact) mass is 271 g/mol. The predicted octanol–water partition coefficient (Wildman–Crippen LogP) is 2.26. The van der Waals surface area contributed by atoms with E-state index in [4.69, 9.17) is 10.9 Å². The van der Waals surface area contributed by atoms with E-state index >= 15 is 0 Å². The molecule has 0 atom stereocenters. The number of hydrogen-bond acceptors (Lipinski definition) is 4. The Hall–Kier alpha value is -1.34. The van der Waals surface area contributed by atoms with Crippen LogP contribution in [0.1, 0.15) is 50.2 Å². The Kier molecular flexibility index (Phi) is 2.85. The van der Waals surface area contributed by atoms with Gasteiger partial charge in [0.1, 0.15) is 0 Å². The highest BCUT2D eigenvalue weighted by molar-refractivity contribution is 5.16. The van der Waals surface area contributed by atoms with Gasteiger partial charge in [-0.25, -0.2) is 0 Å². The van der Waals surface area contributed by atoms with Crippen molar-refractivity contribution >= 4 is 0 Å². The molecule has 4 heteroatoms. The topological polar surface area (TPSA) is 51.0 Å². The Bertz CT molecular complexity index is 507. The van der Waals surface area contributed by atoms with Crippen molar-refractivity contribution in [3.8, 4) is 12.3 Å². The molecule has 0 amide bonds. The van der Waals surface area contributed by atoms with Crippen molar-refractivity contribution in [3.63, 3.8) is 0 Å². The van der Waals surface area contributed by atoms with E-state index < -0.39 is 0 Å². The summed E-state index contributed by atoms with van der Waals surface area (Å²) in [6, 6.07) is 0. The normalized spacial score (nSPS) is 38.0. The Balaban J connectivity index is 1.54. The van der Waals surface area contributed by atoms with Crippen molar-refractivity contribution in [2.75, 3.05) is 6.54 Å². The first-order valence-electron chi connectivity index (χ1n) is 7.75. The molecule has 0 aromatic carbocycles. The average molecular weight is 271 g/mol. The van der Waals surface area contributed by atoms with E-state index in [1.54, 1.807) is 0 Å². The lowest BCUT2D eigenvalue weighted by Crippen LogP contribution is -2.49. The third-order valence-corrected chi connectivity index (χ3v) is 5.48. The molecule has 0 aliphatic heterocycles. The van der Waals surface area contributed by atoms with Gasteiger partial charge in [0, 0.05) is 5.41 Å². The average Bonchev–Trinajstić information content (AvgIpc) is 2.87. The molecule has 5 rings (SSSR count). The van der Waals surface area contributed by atoms with Gasteiger partial charge < -0.3 is 4.52 Å². The molecule has 0 saturated heterocycles. The molecule has 4 aliphatic rings. The fraction of sp³-hybridized carbons (Fsp3) is 0.750. The third-order valence-electron chi connectivity index (χ3n) is 5.48. The minimum Gasteiger partial charge on any atom is -0.338 e. The minimum atomic E-state index is 0.225. The fourth-order valence-corrected chi connectivity index (χ4v) is 5.17. The standard InChI is InChI=1S/C16H21N3O/c1-2-3-17-10-14-18-15(19-20-14)16-7-11-4-12(8-16)6-13(5-11)9-16/h1,11-13,17H,3-10H2. The zero-order valence-electron chi connectivity index (χ0n) is 11.8. The summed E-state index contributed by atoms with van der Waals surface area (Å²) in [5.41, 5.74) is 0.225. The molecule has 4 nitrogen and oxygen atoms in total. The van der Waals surface area contributed by atoms with Gasteiger partial charge in [0.15, 0.2) is 5.82 Å². The Labute approximate surface area is 119 Å². The van der Waals surface area contributed by atoms with Crippen molar-refractivity contribution in [1.29, 1.82) is 0 Å².